The lowest BCUT2D eigenvalue weighted by molar-refractivity contribution is -0.387. The average Bonchev–Trinajstić information content (AvgIpc) is 2.80. The molecule has 2 aromatic rings. The molecule has 0 unspecified atom stereocenters. The van der Waals surface area contributed by atoms with Crippen molar-refractivity contribution in [2.75, 3.05) is 0 Å². The van der Waals surface area contributed by atoms with Crippen LogP contribution in [-0.2, 0) is 0 Å². The number of rotatable bonds is 4. The van der Waals surface area contributed by atoms with Gasteiger partial charge in [0.05, 0.1) is 9.82 Å². The van der Waals surface area contributed by atoms with Gasteiger partial charge < -0.3 is 5.11 Å². The Labute approximate surface area is 117 Å². The van der Waals surface area contributed by atoms with Gasteiger partial charge in [0.2, 0.25) is 0 Å². The van der Waals surface area contributed by atoms with Crippen molar-refractivity contribution in [1.29, 1.82) is 0 Å². The van der Waals surface area contributed by atoms with Gasteiger partial charge in [0.15, 0.2) is 0 Å². The summed E-state index contributed by atoms with van der Waals surface area (Å²) in [5.74, 6) is -0.990. The van der Waals surface area contributed by atoms with Crippen molar-refractivity contribution in [1.82, 2.24) is 0 Å². The summed E-state index contributed by atoms with van der Waals surface area (Å²) in [7, 11) is 0. The number of aryl methyl sites for hydroxylation is 1. The molecule has 1 heterocycles. The van der Waals surface area contributed by atoms with Crippen LogP contribution in [0.25, 0.3) is 0 Å². The summed E-state index contributed by atoms with van der Waals surface area (Å²) in [5.41, 5.74) is 0.829. The van der Waals surface area contributed by atoms with Crippen LogP contribution in [0.5, 0.6) is 0 Å². The molecule has 7 heteroatoms. The minimum absolute atomic E-state index is 0.0353. The highest BCUT2D eigenvalue weighted by Crippen LogP contribution is 2.38. The molecule has 1 N–H and O–H groups in total. The molecular weight excluding hydrogens is 286 g/mol. The molecule has 0 amide bonds. The fraction of sp³-hybridized carbons (Fsp3) is 0.0833. The Hall–Kier alpha value is -1.86. The summed E-state index contributed by atoms with van der Waals surface area (Å²) >= 11 is 2.32. The molecule has 0 radical (unpaired) electrons. The zero-order valence-corrected chi connectivity index (χ0v) is 11.5. The van der Waals surface area contributed by atoms with Gasteiger partial charge in [-0.2, -0.15) is 0 Å². The van der Waals surface area contributed by atoms with Crippen molar-refractivity contribution < 1.29 is 14.8 Å². The van der Waals surface area contributed by atoms with Crippen LogP contribution in [0.15, 0.2) is 39.4 Å². The summed E-state index contributed by atoms with van der Waals surface area (Å²) in [4.78, 5) is 22.8. The number of carbonyl (C=O) groups is 1. The SMILES string of the molecule is Cc1cccc([N+](=O)[O-])c1Sc1csc(C(=O)O)c1. The van der Waals surface area contributed by atoms with E-state index < -0.39 is 10.9 Å². The third-order valence-electron chi connectivity index (χ3n) is 2.39. The van der Waals surface area contributed by atoms with Crippen molar-refractivity contribution in [3.05, 3.63) is 50.2 Å². The number of thiophene rings is 1. The van der Waals surface area contributed by atoms with Gasteiger partial charge in [-0.3, -0.25) is 10.1 Å². The first-order valence-electron chi connectivity index (χ1n) is 5.22. The van der Waals surface area contributed by atoms with Gasteiger partial charge in [0.25, 0.3) is 5.69 Å². The van der Waals surface area contributed by atoms with Gasteiger partial charge in [0.1, 0.15) is 4.88 Å². The first kappa shape index (κ1) is 13.6. The lowest BCUT2D eigenvalue weighted by Gasteiger charge is -2.04. The number of aromatic carboxylic acids is 1. The van der Waals surface area contributed by atoms with E-state index in [2.05, 4.69) is 0 Å². The zero-order valence-electron chi connectivity index (χ0n) is 9.82. The summed E-state index contributed by atoms with van der Waals surface area (Å²) in [6.07, 6.45) is 0. The average molecular weight is 295 g/mol. The highest BCUT2D eigenvalue weighted by atomic mass is 32.2. The highest BCUT2D eigenvalue weighted by Gasteiger charge is 2.18. The molecule has 19 heavy (non-hydrogen) atoms. The Morgan fingerprint density at radius 2 is 2.21 bits per heavy atom. The Bertz CT molecular complexity index is 651. The maximum atomic E-state index is 11.0. The van der Waals surface area contributed by atoms with Crippen molar-refractivity contribution in [3.8, 4) is 0 Å². The monoisotopic (exact) mass is 295 g/mol. The van der Waals surface area contributed by atoms with E-state index in [0.717, 1.165) is 16.9 Å². The number of carboxylic acid groups (broad SMARTS) is 1. The highest BCUT2D eigenvalue weighted by molar-refractivity contribution is 7.99. The van der Waals surface area contributed by atoms with E-state index in [0.29, 0.717) is 9.79 Å². The second-order valence-electron chi connectivity index (χ2n) is 3.73. The fourth-order valence-corrected chi connectivity index (χ4v) is 3.42. The van der Waals surface area contributed by atoms with E-state index in [9.17, 15) is 14.9 Å². The molecule has 1 aromatic carbocycles. The number of nitrogens with zero attached hydrogens (tertiary/aromatic N) is 1. The van der Waals surface area contributed by atoms with Crippen molar-refractivity contribution in [2.45, 2.75) is 16.7 Å². The first-order chi connectivity index (χ1) is 8.99. The topological polar surface area (TPSA) is 80.4 Å². The molecule has 0 saturated heterocycles. The molecule has 5 nitrogen and oxygen atoms in total. The molecule has 0 atom stereocenters. The van der Waals surface area contributed by atoms with E-state index in [4.69, 9.17) is 5.11 Å². The summed E-state index contributed by atoms with van der Waals surface area (Å²) < 4.78 is 0. The third kappa shape index (κ3) is 2.94. The van der Waals surface area contributed by atoms with Gasteiger partial charge in [0, 0.05) is 16.3 Å². The molecular formula is C12H9NO4S2. The molecule has 2 rings (SSSR count). The van der Waals surface area contributed by atoms with Crippen LogP contribution < -0.4 is 0 Å². The molecule has 0 aliphatic rings. The van der Waals surface area contributed by atoms with Crippen LogP contribution in [0.1, 0.15) is 15.2 Å². The summed E-state index contributed by atoms with van der Waals surface area (Å²) in [6, 6.07) is 6.39. The third-order valence-corrected chi connectivity index (χ3v) is 4.67. The van der Waals surface area contributed by atoms with E-state index >= 15 is 0 Å². The first-order valence-corrected chi connectivity index (χ1v) is 6.92. The zero-order chi connectivity index (χ0) is 14.0. The largest absolute Gasteiger partial charge is 0.477 e. The number of benzene rings is 1. The maximum absolute atomic E-state index is 11.0. The van der Waals surface area contributed by atoms with Crippen LogP contribution in [-0.4, -0.2) is 16.0 Å². The van der Waals surface area contributed by atoms with Gasteiger partial charge >= 0.3 is 5.97 Å². The van der Waals surface area contributed by atoms with Crippen molar-refractivity contribution >= 4 is 34.8 Å². The molecule has 0 aliphatic heterocycles. The van der Waals surface area contributed by atoms with E-state index in [1.165, 1.54) is 23.9 Å². The predicted molar refractivity (Wildman–Crippen MR) is 73.2 cm³/mol. The standard InChI is InChI=1S/C12H9NO4S2/c1-7-3-2-4-9(13(16)17)11(7)19-8-5-10(12(14)15)18-6-8/h2-6H,1H3,(H,14,15). The second-order valence-corrected chi connectivity index (χ2v) is 5.73. The van der Waals surface area contributed by atoms with E-state index in [1.54, 1.807) is 24.4 Å². The minimum Gasteiger partial charge on any atom is -0.477 e. The minimum atomic E-state index is -0.990. The Morgan fingerprint density at radius 1 is 1.47 bits per heavy atom. The van der Waals surface area contributed by atoms with Crippen LogP contribution in [0.2, 0.25) is 0 Å². The van der Waals surface area contributed by atoms with Gasteiger partial charge in [-0.15, -0.1) is 11.3 Å². The van der Waals surface area contributed by atoms with Crippen molar-refractivity contribution in [2.24, 2.45) is 0 Å². The Morgan fingerprint density at radius 3 is 2.79 bits per heavy atom. The van der Waals surface area contributed by atoms with Gasteiger partial charge in [-0.05, 0) is 18.6 Å². The molecule has 0 fully saturated rings. The van der Waals surface area contributed by atoms with Gasteiger partial charge in [-0.25, -0.2) is 4.79 Å². The number of carboxylic acids is 1. The smallest absolute Gasteiger partial charge is 0.345 e. The Balaban J connectivity index is 2.37. The lowest BCUT2D eigenvalue weighted by atomic mass is 10.2. The predicted octanol–water partition coefficient (Wildman–Crippen LogP) is 3.81. The van der Waals surface area contributed by atoms with Crippen LogP contribution in [0, 0.1) is 17.0 Å². The number of hydrogen-bond acceptors (Lipinski definition) is 5. The summed E-state index contributed by atoms with van der Waals surface area (Å²) in [5, 5.41) is 21.5. The number of hydrogen-bond donors (Lipinski definition) is 1. The summed E-state index contributed by atoms with van der Waals surface area (Å²) in [6.45, 7) is 1.79. The number of nitro benzene ring substituents is 1. The fourth-order valence-electron chi connectivity index (χ4n) is 1.52. The molecule has 0 saturated carbocycles. The van der Waals surface area contributed by atoms with E-state index in [1.807, 2.05) is 0 Å². The quantitative estimate of drug-likeness (QED) is 0.685. The van der Waals surface area contributed by atoms with Gasteiger partial charge in [-0.1, -0.05) is 23.9 Å². The molecule has 98 valence electrons. The lowest BCUT2D eigenvalue weighted by Crippen LogP contribution is -1.92. The molecule has 1 aromatic heterocycles. The van der Waals surface area contributed by atoms with Crippen molar-refractivity contribution in [3.63, 3.8) is 0 Å². The normalized spacial score (nSPS) is 10.4. The van der Waals surface area contributed by atoms with Crippen LogP contribution in [0.3, 0.4) is 0 Å². The maximum Gasteiger partial charge on any atom is 0.345 e. The molecule has 0 spiro atoms. The second kappa shape index (κ2) is 5.41. The Kier molecular flexibility index (Phi) is 3.87. The van der Waals surface area contributed by atoms with Crippen LogP contribution in [0.4, 0.5) is 5.69 Å². The van der Waals surface area contributed by atoms with E-state index in [-0.39, 0.29) is 10.6 Å². The number of nitro groups is 1. The van der Waals surface area contributed by atoms with Crippen LogP contribution >= 0.6 is 23.1 Å². The molecule has 0 bridgehead atoms. The molecule has 0 aliphatic carbocycles.